The molecule has 0 aliphatic heterocycles. The lowest BCUT2D eigenvalue weighted by atomic mass is 10.2. The van der Waals surface area contributed by atoms with Crippen LogP contribution in [0.3, 0.4) is 0 Å². The van der Waals surface area contributed by atoms with Gasteiger partial charge in [0, 0.05) is 40.4 Å². The number of carbonyl (C=O) groups is 1. The Hall–Kier alpha value is -1.90. The average molecular weight is 382 g/mol. The van der Waals surface area contributed by atoms with E-state index in [1.807, 2.05) is 43.3 Å². The third-order valence-electron chi connectivity index (χ3n) is 3.82. The maximum absolute atomic E-state index is 12.4. The Morgan fingerprint density at radius 1 is 1.04 bits per heavy atom. The van der Waals surface area contributed by atoms with Gasteiger partial charge in [0.1, 0.15) is 4.21 Å². The van der Waals surface area contributed by atoms with Gasteiger partial charge in [-0.3, -0.25) is 4.79 Å². The molecule has 1 amide bonds. The van der Waals surface area contributed by atoms with Crippen LogP contribution >= 0.6 is 11.3 Å². The minimum Gasteiger partial charge on any atom is -0.378 e. The first kappa shape index (κ1) is 19.4. The summed E-state index contributed by atoms with van der Waals surface area (Å²) in [7, 11) is 3.42. The van der Waals surface area contributed by atoms with Gasteiger partial charge in [-0.05, 0) is 29.1 Å². The van der Waals surface area contributed by atoms with Gasteiger partial charge in [0.15, 0.2) is 0 Å². The monoisotopic (exact) mass is 381 g/mol. The number of anilines is 1. The van der Waals surface area contributed by atoms with E-state index in [0.29, 0.717) is 6.54 Å². The van der Waals surface area contributed by atoms with E-state index in [1.165, 1.54) is 18.0 Å². The highest BCUT2D eigenvalue weighted by molar-refractivity contribution is 7.91. The van der Waals surface area contributed by atoms with Crippen LogP contribution in [0.2, 0.25) is 0 Å². The highest BCUT2D eigenvalue weighted by atomic mass is 32.2. The van der Waals surface area contributed by atoms with E-state index in [9.17, 15) is 13.2 Å². The van der Waals surface area contributed by atoms with Crippen LogP contribution in [0.5, 0.6) is 0 Å². The van der Waals surface area contributed by atoms with Gasteiger partial charge in [-0.1, -0.05) is 18.2 Å². The van der Waals surface area contributed by atoms with Crippen LogP contribution in [0.25, 0.3) is 0 Å². The molecular formula is C17H23N3O3S2. The summed E-state index contributed by atoms with van der Waals surface area (Å²) >= 11 is 1.14. The van der Waals surface area contributed by atoms with Gasteiger partial charge in [-0.25, -0.2) is 8.42 Å². The predicted molar refractivity (Wildman–Crippen MR) is 101 cm³/mol. The quantitative estimate of drug-likeness (QED) is 0.737. The summed E-state index contributed by atoms with van der Waals surface area (Å²) in [5.74, 6) is -0.251. The Morgan fingerprint density at radius 2 is 1.68 bits per heavy atom. The molecule has 136 valence electrons. The second-order valence-corrected chi connectivity index (χ2v) is 9.22. The molecule has 8 heteroatoms. The standard InChI is InChI=1S/C17H23N3O3S2/c1-18(2)15-9-7-14(8-10-15)12-19(3)16(21)13-20(4)25(22,23)17-6-5-11-24-17/h5-11H,12-13H2,1-4H3. The first-order chi connectivity index (χ1) is 11.7. The van der Waals surface area contributed by atoms with Crippen molar-refractivity contribution >= 4 is 33.0 Å². The summed E-state index contributed by atoms with van der Waals surface area (Å²) in [5.41, 5.74) is 2.07. The van der Waals surface area contributed by atoms with Gasteiger partial charge >= 0.3 is 0 Å². The number of likely N-dealkylation sites (N-methyl/N-ethyl adjacent to an activating group) is 2. The highest BCUT2D eigenvalue weighted by Crippen LogP contribution is 2.20. The van der Waals surface area contributed by atoms with Crippen molar-refractivity contribution in [1.29, 1.82) is 0 Å². The molecule has 25 heavy (non-hydrogen) atoms. The predicted octanol–water partition coefficient (Wildman–Crippen LogP) is 2.09. The number of thiophene rings is 1. The summed E-state index contributed by atoms with van der Waals surface area (Å²) in [4.78, 5) is 15.9. The number of hydrogen-bond acceptors (Lipinski definition) is 5. The van der Waals surface area contributed by atoms with Crippen LogP contribution in [0, 0.1) is 0 Å². The zero-order valence-electron chi connectivity index (χ0n) is 14.8. The van der Waals surface area contributed by atoms with E-state index in [0.717, 1.165) is 26.9 Å². The van der Waals surface area contributed by atoms with Gasteiger partial charge in [0.05, 0.1) is 6.54 Å². The Labute approximate surface area is 153 Å². The molecular weight excluding hydrogens is 358 g/mol. The van der Waals surface area contributed by atoms with Crippen molar-refractivity contribution in [3.8, 4) is 0 Å². The lowest BCUT2D eigenvalue weighted by molar-refractivity contribution is -0.130. The van der Waals surface area contributed by atoms with Crippen LogP contribution in [0.1, 0.15) is 5.56 Å². The molecule has 1 aromatic heterocycles. The third-order valence-corrected chi connectivity index (χ3v) is 6.99. The van der Waals surface area contributed by atoms with Gasteiger partial charge in [0.2, 0.25) is 5.91 Å². The van der Waals surface area contributed by atoms with Gasteiger partial charge in [0.25, 0.3) is 10.0 Å². The number of nitrogens with zero attached hydrogens (tertiary/aromatic N) is 3. The number of hydrogen-bond donors (Lipinski definition) is 0. The number of amides is 1. The molecule has 0 saturated heterocycles. The number of benzene rings is 1. The van der Waals surface area contributed by atoms with Crippen molar-refractivity contribution < 1.29 is 13.2 Å². The molecule has 6 nitrogen and oxygen atoms in total. The molecule has 2 aromatic rings. The third kappa shape index (κ3) is 4.81. The molecule has 0 fully saturated rings. The minimum atomic E-state index is -3.61. The largest absolute Gasteiger partial charge is 0.378 e. The summed E-state index contributed by atoms with van der Waals surface area (Å²) < 4.78 is 26.1. The number of sulfonamides is 1. The lowest BCUT2D eigenvalue weighted by Gasteiger charge is -2.22. The van der Waals surface area contributed by atoms with E-state index < -0.39 is 10.0 Å². The second kappa shape index (κ2) is 7.99. The highest BCUT2D eigenvalue weighted by Gasteiger charge is 2.25. The Morgan fingerprint density at radius 3 is 2.20 bits per heavy atom. The van der Waals surface area contributed by atoms with E-state index in [-0.39, 0.29) is 16.7 Å². The van der Waals surface area contributed by atoms with E-state index in [2.05, 4.69) is 0 Å². The van der Waals surface area contributed by atoms with Gasteiger partial charge < -0.3 is 9.80 Å². The van der Waals surface area contributed by atoms with E-state index >= 15 is 0 Å². The van der Waals surface area contributed by atoms with Gasteiger partial charge in [-0.2, -0.15) is 4.31 Å². The van der Waals surface area contributed by atoms with Crippen molar-refractivity contribution in [3.05, 3.63) is 47.3 Å². The number of carbonyl (C=O) groups excluding carboxylic acids is 1. The van der Waals surface area contributed by atoms with Crippen molar-refractivity contribution in [1.82, 2.24) is 9.21 Å². The molecule has 0 aliphatic carbocycles. The first-order valence-electron chi connectivity index (χ1n) is 7.72. The van der Waals surface area contributed by atoms with Crippen LogP contribution in [-0.2, 0) is 21.4 Å². The van der Waals surface area contributed by atoms with Crippen LogP contribution in [0.4, 0.5) is 5.69 Å². The molecule has 0 bridgehead atoms. The SMILES string of the molecule is CN(Cc1ccc(N(C)C)cc1)C(=O)CN(C)S(=O)(=O)c1cccs1. The number of rotatable bonds is 7. The maximum Gasteiger partial charge on any atom is 0.252 e. The Balaban J connectivity index is 1.98. The lowest BCUT2D eigenvalue weighted by Crippen LogP contribution is -2.38. The molecule has 0 unspecified atom stereocenters. The van der Waals surface area contributed by atoms with E-state index in [4.69, 9.17) is 0 Å². The fourth-order valence-electron chi connectivity index (χ4n) is 2.22. The molecule has 0 spiro atoms. The summed E-state index contributed by atoms with van der Waals surface area (Å²) in [6, 6.07) is 11.1. The summed E-state index contributed by atoms with van der Waals surface area (Å²) in [6.07, 6.45) is 0. The summed E-state index contributed by atoms with van der Waals surface area (Å²) in [6.45, 7) is 0.242. The molecule has 0 N–H and O–H groups in total. The Kier molecular flexibility index (Phi) is 6.21. The smallest absolute Gasteiger partial charge is 0.252 e. The van der Waals surface area contributed by atoms with Crippen LogP contribution in [-0.4, -0.2) is 58.3 Å². The van der Waals surface area contributed by atoms with Crippen LogP contribution < -0.4 is 4.90 Å². The minimum absolute atomic E-state index is 0.188. The molecule has 1 heterocycles. The van der Waals surface area contributed by atoms with E-state index in [1.54, 1.807) is 18.5 Å². The fourth-order valence-corrected chi connectivity index (χ4v) is 4.54. The Bertz CT molecular complexity index is 800. The van der Waals surface area contributed by atoms with Crippen molar-refractivity contribution in [2.24, 2.45) is 0 Å². The molecule has 2 rings (SSSR count). The van der Waals surface area contributed by atoms with Crippen molar-refractivity contribution in [2.45, 2.75) is 10.8 Å². The molecule has 0 atom stereocenters. The van der Waals surface area contributed by atoms with Crippen molar-refractivity contribution in [3.63, 3.8) is 0 Å². The van der Waals surface area contributed by atoms with Gasteiger partial charge in [-0.15, -0.1) is 11.3 Å². The molecule has 0 aliphatic rings. The molecule has 1 aromatic carbocycles. The summed E-state index contributed by atoms with van der Waals surface area (Å²) in [5, 5.41) is 1.70. The fraction of sp³-hybridized carbons (Fsp3) is 0.353. The normalized spacial score (nSPS) is 11.6. The van der Waals surface area contributed by atoms with Crippen molar-refractivity contribution in [2.75, 3.05) is 39.6 Å². The topological polar surface area (TPSA) is 60.9 Å². The zero-order valence-corrected chi connectivity index (χ0v) is 16.5. The maximum atomic E-state index is 12.4. The molecule has 0 saturated carbocycles. The average Bonchev–Trinajstić information content (AvgIpc) is 3.10. The van der Waals surface area contributed by atoms with Crippen LogP contribution in [0.15, 0.2) is 46.0 Å². The molecule has 0 radical (unpaired) electrons. The zero-order chi connectivity index (χ0) is 18.6. The first-order valence-corrected chi connectivity index (χ1v) is 10.0. The second-order valence-electron chi connectivity index (χ2n) is 6.00.